The van der Waals surface area contributed by atoms with E-state index >= 15 is 0 Å². The highest BCUT2D eigenvalue weighted by Gasteiger charge is 2.44. The minimum atomic E-state index is -1.21. The number of H-pyrrole nitrogens is 1. The molecule has 0 radical (unpaired) electrons. The molecule has 0 amide bonds. The van der Waals surface area contributed by atoms with Crippen LogP contribution in [0.15, 0.2) is 16.2 Å². The van der Waals surface area contributed by atoms with Crippen LogP contribution in [0.25, 0.3) is 21.6 Å². The summed E-state index contributed by atoms with van der Waals surface area (Å²) in [5, 5.41) is 22.7. The molecule has 12 heteroatoms. The predicted molar refractivity (Wildman–Crippen MR) is 72.5 cm³/mol. The lowest BCUT2D eigenvalue weighted by atomic mass is 10.1. The molecule has 3 rings (SSSR count). The van der Waals surface area contributed by atoms with Gasteiger partial charge in [-0.15, -0.1) is 0 Å². The summed E-state index contributed by atoms with van der Waals surface area (Å²) in [5.74, 6) is -0.114. The fourth-order valence-corrected chi connectivity index (χ4v) is 2.42. The summed E-state index contributed by atoms with van der Waals surface area (Å²) in [7, 11) is 0. The Morgan fingerprint density at radius 3 is 3.09 bits per heavy atom. The van der Waals surface area contributed by atoms with Gasteiger partial charge >= 0.3 is 0 Å². The second kappa shape index (κ2) is 5.27. The zero-order valence-electron chi connectivity index (χ0n) is 11.1. The number of nitrogens with two attached hydrogens (primary N) is 1. The molecule has 0 aromatic carbocycles. The summed E-state index contributed by atoms with van der Waals surface area (Å²) in [6.07, 6.45) is -1.84. The van der Waals surface area contributed by atoms with Crippen LogP contribution < -0.4 is 11.3 Å². The van der Waals surface area contributed by atoms with E-state index in [1.165, 1.54) is 10.9 Å². The molecular weight excluding hydrogens is 296 g/mol. The Labute approximate surface area is 121 Å². The number of hydrogen-bond acceptors (Lipinski definition) is 8. The average Bonchev–Trinajstić information content (AvgIpc) is 3.02. The topological polar surface area (TPSA) is 188 Å². The summed E-state index contributed by atoms with van der Waals surface area (Å²) >= 11 is 0. The summed E-state index contributed by atoms with van der Waals surface area (Å²) < 4.78 is 6.82. The fourth-order valence-electron chi connectivity index (χ4n) is 2.42. The molecule has 0 saturated carbocycles. The van der Waals surface area contributed by atoms with Gasteiger partial charge in [-0.25, -0.2) is 4.98 Å². The Bertz CT molecular complexity index is 809. The highest BCUT2D eigenvalue weighted by molar-refractivity contribution is 5.70. The number of nitrogen functional groups attached to an aromatic ring is 1. The van der Waals surface area contributed by atoms with E-state index < -0.39 is 36.6 Å². The van der Waals surface area contributed by atoms with Gasteiger partial charge < -0.3 is 20.7 Å². The Kier molecular flexibility index (Phi) is 3.42. The number of fused-ring (bicyclic) bond motifs is 1. The number of imidazole rings is 1. The molecule has 1 saturated heterocycles. The molecular formula is C10H12N8O4. The van der Waals surface area contributed by atoms with Crippen molar-refractivity contribution in [1.29, 1.82) is 0 Å². The van der Waals surface area contributed by atoms with Gasteiger partial charge in [-0.2, -0.15) is 4.98 Å². The van der Waals surface area contributed by atoms with Crippen LogP contribution in [0.1, 0.15) is 6.23 Å². The van der Waals surface area contributed by atoms with Gasteiger partial charge in [-0.05, 0) is 5.53 Å². The van der Waals surface area contributed by atoms with Crippen LogP contribution in [0.3, 0.4) is 0 Å². The second-order valence-electron chi connectivity index (χ2n) is 4.71. The van der Waals surface area contributed by atoms with Crippen LogP contribution in [0.2, 0.25) is 0 Å². The fraction of sp³-hybridized carbons (Fsp3) is 0.500. The standard InChI is InChI=1S/C10H12N8O4/c11-10-14-7-5(8(21)15-10)13-2-18(7)9-4(16-17-12)6(20)3(1-19)22-9/h2-4,6,9,19-20H,1H2,(H3,11,14,15,21)/t3-,4?,6-,9-/m1/s1. The van der Waals surface area contributed by atoms with Crippen molar-refractivity contribution in [3.63, 3.8) is 0 Å². The van der Waals surface area contributed by atoms with E-state index in [9.17, 15) is 15.0 Å². The van der Waals surface area contributed by atoms with Crippen LogP contribution >= 0.6 is 0 Å². The van der Waals surface area contributed by atoms with Crippen molar-refractivity contribution in [2.24, 2.45) is 5.11 Å². The van der Waals surface area contributed by atoms with Crippen molar-refractivity contribution in [2.75, 3.05) is 12.3 Å². The quantitative estimate of drug-likeness (QED) is 0.305. The van der Waals surface area contributed by atoms with E-state index in [4.69, 9.17) is 16.0 Å². The first kappa shape index (κ1) is 14.3. The molecule has 2 aromatic rings. The van der Waals surface area contributed by atoms with Crippen molar-refractivity contribution in [2.45, 2.75) is 24.5 Å². The van der Waals surface area contributed by atoms with Gasteiger partial charge in [0.1, 0.15) is 18.4 Å². The molecule has 1 aliphatic rings. The first-order chi connectivity index (χ1) is 10.6. The molecule has 2 aromatic heterocycles. The van der Waals surface area contributed by atoms with Gasteiger partial charge in [0.15, 0.2) is 11.2 Å². The van der Waals surface area contributed by atoms with Gasteiger partial charge in [-0.3, -0.25) is 14.3 Å². The number of nitrogens with one attached hydrogen (secondary N) is 1. The lowest BCUT2D eigenvalue weighted by molar-refractivity contribution is -0.0436. The largest absolute Gasteiger partial charge is 0.394 e. The lowest BCUT2D eigenvalue weighted by Gasteiger charge is -2.16. The third-order valence-electron chi connectivity index (χ3n) is 3.43. The molecule has 4 atom stereocenters. The third-order valence-corrected chi connectivity index (χ3v) is 3.43. The van der Waals surface area contributed by atoms with Gasteiger partial charge in [0, 0.05) is 4.91 Å². The zero-order chi connectivity index (χ0) is 15.9. The summed E-state index contributed by atoms with van der Waals surface area (Å²) in [6, 6.07) is -1.01. The van der Waals surface area contributed by atoms with E-state index in [-0.39, 0.29) is 17.1 Å². The molecule has 22 heavy (non-hydrogen) atoms. The number of ether oxygens (including phenoxy) is 1. The van der Waals surface area contributed by atoms with Crippen LogP contribution in [0.5, 0.6) is 0 Å². The minimum Gasteiger partial charge on any atom is -0.394 e. The van der Waals surface area contributed by atoms with E-state index in [1.54, 1.807) is 0 Å². The maximum absolute atomic E-state index is 11.8. The van der Waals surface area contributed by atoms with E-state index in [2.05, 4.69) is 25.0 Å². The molecule has 1 unspecified atom stereocenters. The van der Waals surface area contributed by atoms with Gasteiger partial charge in [-0.1, -0.05) is 5.11 Å². The number of azide groups is 1. The molecule has 5 N–H and O–H groups in total. The number of aromatic nitrogens is 4. The summed E-state index contributed by atoms with van der Waals surface area (Å²) in [5.41, 5.74) is 13.8. The second-order valence-corrected chi connectivity index (χ2v) is 4.71. The van der Waals surface area contributed by atoms with Gasteiger partial charge in [0.2, 0.25) is 5.95 Å². The number of aliphatic hydroxyl groups is 2. The van der Waals surface area contributed by atoms with Crippen LogP contribution in [-0.4, -0.2) is 54.6 Å². The molecule has 1 aliphatic heterocycles. The molecule has 116 valence electrons. The number of aromatic amines is 1. The van der Waals surface area contributed by atoms with Crippen LogP contribution in [0.4, 0.5) is 5.95 Å². The van der Waals surface area contributed by atoms with E-state index in [0.29, 0.717) is 0 Å². The molecule has 12 nitrogen and oxygen atoms in total. The van der Waals surface area contributed by atoms with E-state index in [1.807, 2.05) is 0 Å². The van der Waals surface area contributed by atoms with Crippen molar-refractivity contribution in [3.05, 3.63) is 27.1 Å². The first-order valence-corrected chi connectivity index (χ1v) is 6.27. The minimum absolute atomic E-state index is 0.0272. The Hall–Kier alpha value is -2.66. The number of anilines is 1. The van der Waals surface area contributed by atoms with Gasteiger partial charge in [0.05, 0.1) is 19.0 Å². The molecule has 1 fully saturated rings. The van der Waals surface area contributed by atoms with Crippen molar-refractivity contribution < 1.29 is 14.9 Å². The Morgan fingerprint density at radius 1 is 1.64 bits per heavy atom. The Morgan fingerprint density at radius 2 is 2.41 bits per heavy atom. The van der Waals surface area contributed by atoms with Crippen molar-refractivity contribution in [1.82, 2.24) is 19.5 Å². The molecule has 3 heterocycles. The van der Waals surface area contributed by atoms with E-state index in [0.717, 1.165) is 0 Å². The van der Waals surface area contributed by atoms with Crippen molar-refractivity contribution >= 4 is 17.1 Å². The lowest BCUT2D eigenvalue weighted by Crippen LogP contribution is -2.31. The maximum Gasteiger partial charge on any atom is 0.280 e. The monoisotopic (exact) mass is 308 g/mol. The van der Waals surface area contributed by atoms with Crippen LogP contribution in [-0.2, 0) is 4.74 Å². The third kappa shape index (κ3) is 2.07. The molecule has 0 spiro atoms. The first-order valence-electron chi connectivity index (χ1n) is 6.27. The van der Waals surface area contributed by atoms with Gasteiger partial charge in [0.25, 0.3) is 5.56 Å². The average molecular weight is 308 g/mol. The van der Waals surface area contributed by atoms with Crippen molar-refractivity contribution in [3.8, 4) is 0 Å². The normalized spacial score (nSPS) is 27.9. The predicted octanol–water partition coefficient (Wildman–Crippen LogP) is -1.37. The summed E-state index contributed by atoms with van der Waals surface area (Å²) in [4.78, 5) is 24.6. The number of hydrogen-bond donors (Lipinski definition) is 4. The Balaban J connectivity index is 2.13. The smallest absolute Gasteiger partial charge is 0.280 e. The molecule has 0 aliphatic carbocycles. The number of aliphatic hydroxyl groups excluding tert-OH is 2. The highest BCUT2D eigenvalue weighted by atomic mass is 16.5. The SMILES string of the molecule is [N-]=[N+]=NC1[C@H](n2cnc3c(=O)[nH]c(N)nc32)O[C@H](CO)[C@H]1O. The zero-order valence-corrected chi connectivity index (χ0v) is 11.1. The summed E-state index contributed by atoms with van der Waals surface area (Å²) in [6.45, 7) is -0.460. The molecule has 0 bridgehead atoms. The number of rotatable bonds is 3. The maximum atomic E-state index is 11.8. The number of nitrogens with zero attached hydrogens (tertiary/aromatic N) is 6. The van der Waals surface area contributed by atoms with Crippen LogP contribution in [0, 0.1) is 0 Å². The highest BCUT2D eigenvalue weighted by Crippen LogP contribution is 2.33.